The minimum Gasteiger partial charge on any atom is -0.481 e. The van der Waals surface area contributed by atoms with Gasteiger partial charge in [0.1, 0.15) is 0 Å². The second-order valence-corrected chi connectivity index (χ2v) is 6.05. The second kappa shape index (κ2) is 10.2. The summed E-state index contributed by atoms with van der Waals surface area (Å²) in [5.74, 6) is 1.44. The molecule has 3 rings (SSSR count). The molecule has 26 heavy (non-hydrogen) atoms. The number of rotatable bonds is 5. The maximum Gasteiger partial charge on any atom is 0.212 e. The van der Waals surface area contributed by atoms with Crippen LogP contribution in [-0.4, -0.2) is 44.2 Å². The number of para-hydroxylation sites is 1. The molecule has 1 aromatic heterocycles. The Bertz CT molecular complexity index is 693. The van der Waals surface area contributed by atoms with Crippen LogP contribution >= 0.6 is 24.0 Å². The maximum absolute atomic E-state index is 5.08. The molecule has 0 saturated carbocycles. The number of anilines is 1. The van der Waals surface area contributed by atoms with Gasteiger partial charge in [-0.1, -0.05) is 24.3 Å². The Kier molecular flexibility index (Phi) is 7.96. The molecule has 1 fully saturated rings. The fourth-order valence-electron chi connectivity index (χ4n) is 2.96. The van der Waals surface area contributed by atoms with Crippen LogP contribution in [0.4, 0.5) is 5.69 Å². The van der Waals surface area contributed by atoms with E-state index in [0.29, 0.717) is 18.5 Å². The number of aromatic nitrogens is 1. The molecule has 2 N–H and O–H groups in total. The Morgan fingerprint density at radius 1 is 1.27 bits per heavy atom. The number of methoxy groups -OCH3 is 1. The molecule has 2 heterocycles. The number of aliphatic imine (C=N–C) groups is 1. The highest BCUT2D eigenvalue weighted by Gasteiger charge is 2.23. The highest BCUT2D eigenvalue weighted by Crippen LogP contribution is 2.19. The monoisotopic (exact) mass is 467 g/mol. The molecule has 1 aliphatic rings. The summed E-state index contributed by atoms with van der Waals surface area (Å²) < 4.78 is 5.08. The van der Waals surface area contributed by atoms with E-state index in [0.717, 1.165) is 31.0 Å². The van der Waals surface area contributed by atoms with Gasteiger partial charge in [0.25, 0.3) is 0 Å². The number of hydrogen-bond acceptors (Lipinski definition) is 4. The highest BCUT2D eigenvalue weighted by molar-refractivity contribution is 14.0. The van der Waals surface area contributed by atoms with E-state index in [2.05, 4.69) is 55.8 Å². The zero-order valence-corrected chi connectivity index (χ0v) is 17.5. The molecule has 1 aromatic carbocycles. The Morgan fingerprint density at radius 3 is 2.73 bits per heavy atom. The van der Waals surface area contributed by atoms with Crippen LogP contribution in [0, 0.1) is 0 Å². The summed E-state index contributed by atoms with van der Waals surface area (Å²) in [5, 5.41) is 6.85. The number of nitrogens with one attached hydrogen (secondary N) is 2. The number of halogens is 1. The van der Waals surface area contributed by atoms with Crippen molar-refractivity contribution in [1.29, 1.82) is 0 Å². The van der Waals surface area contributed by atoms with E-state index in [9.17, 15) is 0 Å². The second-order valence-electron chi connectivity index (χ2n) is 6.05. The van der Waals surface area contributed by atoms with Crippen LogP contribution in [0.2, 0.25) is 0 Å². The SMILES string of the molecule is CN=C(NCc1ccc(OC)nc1)NC1CCN(c2ccccc2)C1.I. The van der Waals surface area contributed by atoms with Crippen molar-refractivity contribution in [3.63, 3.8) is 0 Å². The standard InChI is InChI=1S/C19H25N5O.HI/c1-20-19(22-13-15-8-9-18(25-2)21-12-15)23-16-10-11-24(14-16)17-6-4-3-5-7-17;/h3-9,12,16H,10-11,13-14H2,1-2H3,(H2,20,22,23);1H. The number of guanidine groups is 1. The summed E-state index contributed by atoms with van der Waals surface area (Å²) in [4.78, 5) is 10.9. The molecule has 140 valence electrons. The van der Waals surface area contributed by atoms with Gasteiger partial charge in [-0.25, -0.2) is 4.98 Å². The van der Waals surface area contributed by atoms with Gasteiger partial charge in [-0.15, -0.1) is 24.0 Å². The van der Waals surface area contributed by atoms with E-state index in [4.69, 9.17) is 4.74 Å². The van der Waals surface area contributed by atoms with Crippen molar-refractivity contribution in [2.75, 3.05) is 32.1 Å². The van der Waals surface area contributed by atoms with Gasteiger partial charge < -0.3 is 20.3 Å². The van der Waals surface area contributed by atoms with Crippen molar-refractivity contribution in [3.05, 3.63) is 54.2 Å². The predicted octanol–water partition coefficient (Wildman–Crippen LogP) is 2.65. The maximum atomic E-state index is 5.08. The average Bonchev–Trinajstić information content (AvgIpc) is 3.15. The summed E-state index contributed by atoms with van der Waals surface area (Å²) in [5.41, 5.74) is 2.36. The molecule has 2 aromatic rings. The van der Waals surface area contributed by atoms with E-state index in [1.54, 1.807) is 14.2 Å². The van der Waals surface area contributed by atoms with Crippen LogP contribution in [-0.2, 0) is 6.54 Å². The molecular weight excluding hydrogens is 441 g/mol. The molecule has 0 bridgehead atoms. The third-order valence-electron chi connectivity index (χ3n) is 4.34. The van der Waals surface area contributed by atoms with Gasteiger partial charge in [-0.05, 0) is 24.1 Å². The smallest absolute Gasteiger partial charge is 0.212 e. The van der Waals surface area contributed by atoms with Crippen LogP contribution in [0.15, 0.2) is 53.7 Å². The summed E-state index contributed by atoms with van der Waals surface area (Å²) >= 11 is 0. The molecule has 0 amide bonds. The summed E-state index contributed by atoms with van der Waals surface area (Å²) in [7, 11) is 3.41. The van der Waals surface area contributed by atoms with Gasteiger partial charge in [0.05, 0.1) is 7.11 Å². The van der Waals surface area contributed by atoms with E-state index in [1.807, 2.05) is 18.3 Å². The third-order valence-corrected chi connectivity index (χ3v) is 4.34. The van der Waals surface area contributed by atoms with E-state index < -0.39 is 0 Å². The normalized spacial score (nSPS) is 16.8. The van der Waals surface area contributed by atoms with Crippen LogP contribution < -0.4 is 20.3 Å². The fraction of sp³-hybridized carbons (Fsp3) is 0.368. The molecule has 0 aliphatic carbocycles. The van der Waals surface area contributed by atoms with Crippen molar-refractivity contribution < 1.29 is 4.74 Å². The quantitative estimate of drug-likeness (QED) is 0.403. The Balaban J connectivity index is 0.00000243. The minimum absolute atomic E-state index is 0. The molecule has 7 heteroatoms. The van der Waals surface area contributed by atoms with Crippen molar-refractivity contribution in [2.24, 2.45) is 4.99 Å². The summed E-state index contributed by atoms with van der Waals surface area (Å²) in [6.07, 6.45) is 2.91. The lowest BCUT2D eigenvalue weighted by molar-refractivity contribution is 0.397. The van der Waals surface area contributed by atoms with Crippen molar-refractivity contribution >= 4 is 35.6 Å². The fourth-order valence-corrected chi connectivity index (χ4v) is 2.96. The lowest BCUT2D eigenvalue weighted by Crippen LogP contribution is -2.44. The molecule has 0 radical (unpaired) electrons. The Labute approximate surface area is 172 Å². The lowest BCUT2D eigenvalue weighted by Gasteiger charge is -2.20. The first kappa shape index (κ1) is 20.3. The van der Waals surface area contributed by atoms with Crippen molar-refractivity contribution in [3.8, 4) is 5.88 Å². The van der Waals surface area contributed by atoms with Crippen molar-refractivity contribution in [2.45, 2.75) is 19.0 Å². The van der Waals surface area contributed by atoms with Gasteiger partial charge in [0, 0.05) is 50.7 Å². The summed E-state index contributed by atoms with van der Waals surface area (Å²) in [6.45, 7) is 2.71. The molecule has 0 spiro atoms. The van der Waals surface area contributed by atoms with Crippen LogP contribution in [0.5, 0.6) is 5.88 Å². The van der Waals surface area contributed by atoms with Crippen molar-refractivity contribution in [1.82, 2.24) is 15.6 Å². The first-order valence-electron chi connectivity index (χ1n) is 8.54. The zero-order valence-electron chi connectivity index (χ0n) is 15.2. The Hall–Kier alpha value is -2.03. The van der Waals surface area contributed by atoms with Gasteiger partial charge >= 0.3 is 0 Å². The van der Waals surface area contributed by atoms with Gasteiger partial charge in [0.2, 0.25) is 5.88 Å². The predicted molar refractivity (Wildman–Crippen MR) is 117 cm³/mol. The van der Waals surface area contributed by atoms with E-state index in [1.165, 1.54) is 5.69 Å². The van der Waals surface area contributed by atoms with Crippen LogP contribution in [0.1, 0.15) is 12.0 Å². The van der Waals surface area contributed by atoms with Crippen LogP contribution in [0.25, 0.3) is 0 Å². The summed E-state index contributed by atoms with van der Waals surface area (Å²) in [6, 6.07) is 14.8. The molecule has 1 atom stereocenters. The molecule has 1 unspecified atom stereocenters. The number of pyridine rings is 1. The molecule has 6 nitrogen and oxygen atoms in total. The van der Waals surface area contributed by atoms with Gasteiger partial charge in [-0.3, -0.25) is 4.99 Å². The van der Waals surface area contributed by atoms with Gasteiger partial charge in [0.15, 0.2) is 5.96 Å². The van der Waals surface area contributed by atoms with Crippen LogP contribution in [0.3, 0.4) is 0 Å². The molecular formula is C19H26IN5O. The minimum atomic E-state index is 0. The largest absolute Gasteiger partial charge is 0.481 e. The first-order valence-corrected chi connectivity index (χ1v) is 8.54. The number of benzene rings is 1. The van der Waals surface area contributed by atoms with Gasteiger partial charge in [-0.2, -0.15) is 0 Å². The van der Waals surface area contributed by atoms with E-state index in [-0.39, 0.29) is 24.0 Å². The van der Waals surface area contributed by atoms with E-state index >= 15 is 0 Å². The topological polar surface area (TPSA) is 61.8 Å². The Morgan fingerprint density at radius 2 is 2.08 bits per heavy atom. The average molecular weight is 467 g/mol. The first-order chi connectivity index (χ1) is 12.3. The lowest BCUT2D eigenvalue weighted by atomic mass is 10.2. The zero-order chi connectivity index (χ0) is 17.5. The number of nitrogens with zero attached hydrogens (tertiary/aromatic N) is 3. The molecule has 1 aliphatic heterocycles. The highest BCUT2D eigenvalue weighted by atomic mass is 127. The molecule has 1 saturated heterocycles. The third kappa shape index (κ3) is 5.48. The number of ether oxygens (including phenoxy) is 1. The number of hydrogen-bond donors (Lipinski definition) is 2.